The molecule has 1 aliphatic heterocycles. The molecular weight excluding hydrogens is 275 g/mol. The topological polar surface area (TPSA) is 77.0 Å². The maximum absolute atomic E-state index is 12.7. The molecule has 0 saturated carbocycles. The second kappa shape index (κ2) is 5.39. The van der Waals surface area contributed by atoms with E-state index in [2.05, 4.69) is 10.2 Å². The third kappa shape index (κ3) is 2.77. The fraction of sp³-hybridized carbons (Fsp3) is 0.727. The van der Waals surface area contributed by atoms with Crippen LogP contribution in [0.3, 0.4) is 0 Å². The average Bonchev–Trinajstić information content (AvgIpc) is 2.80. The van der Waals surface area contributed by atoms with Crippen LogP contribution in [0.1, 0.15) is 31.4 Å². The summed E-state index contributed by atoms with van der Waals surface area (Å²) in [5.41, 5.74) is 5.74. The highest BCUT2D eigenvalue weighted by molar-refractivity contribution is 5.81. The second-order valence-corrected chi connectivity index (χ2v) is 4.74. The van der Waals surface area contributed by atoms with E-state index in [1.54, 1.807) is 0 Å². The van der Waals surface area contributed by atoms with E-state index in [1.165, 1.54) is 4.90 Å². The Hall–Kier alpha value is -1.64. The molecule has 2 heterocycles. The van der Waals surface area contributed by atoms with Gasteiger partial charge >= 0.3 is 6.18 Å². The van der Waals surface area contributed by atoms with E-state index in [1.807, 2.05) is 6.92 Å². The summed E-state index contributed by atoms with van der Waals surface area (Å²) in [5.74, 6) is -1.13. The van der Waals surface area contributed by atoms with E-state index >= 15 is 0 Å². The predicted molar refractivity (Wildman–Crippen MR) is 63.3 cm³/mol. The van der Waals surface area contributed by atoms with Crippen LogP contribution in [0.15, 0.2) is 0 Å². The van der Waals surface area contributed by atoms with Gasteiger partial charge in [-0.05, 0) is 6.42 Å². The van der Waals surface area contributed by atoms with E-state index < -0.39 is 18.0 Å². The van der Waals surface area contributed by atoms with Gasteiger partial charge < -0.3 is 15.2 Å². The summed E-state index contributed by atoms with van der Waals surface area (Å²) in [4.78, 5) is 13.5. The average molecular weight is 291 g/mol. The van der Waals surface area contributed by atoms with Crippen molar-refractivity contribution in [3.8, 4) is 0 Å². The lowest BCUT2D eigenvalue weighted by Gasteiger charge is -2.29. The van der Waals surface area contributed by atoms with Crippen molar-refractivity contribution >= 4 is 5.91 Å². The minimum absolute atomic E-state index is 0.0132. The molecule has 2 rings (SSSR count). The Balaban J connectivity index is 2.13. The molecule has 1 aromatic heterocycles. The number of hydrogen-bond donors (Lipinski definition) is 1. The Kier molecular flexibility index (Phi) is 3.98. The molecular formula is C11H16F3N5O. The molecule has 1 atom stereocenters. The molecule has 1 aromatic rings. The van der Waals surface area contributed by atoms with Gasteiger partial charge in [0.25, 0.3) is 0 Å². The van der Waals surface area contributed by atoms with Gasteiger partial charge in [-0.25, -0.2) is 0 Å². The normalized spacial score (nSPS) is 16.9. The highest BCUT2D eigenvalue weighted by atomic mass is 19.4. The van der Waals surface area contributed by atoms with Crippen molar-refractivity contribution < 1.29 is 18.0 Å². The summed E-state index contributed by atoms with van der Waals surface area (Å²) in [5, 5.41) is 6.68. The molecule has 0 aromatic carbocycles. The van der Waals surface area contributed by atoms with E-state index in [4.69, 9.17) is 5.73 Å². The van der Waals surface area contributed by atoms with E-state index in [0.717, 1.165) is 11.0 Å². The van der Waals surface area contributed by atoms with Crippen LogP contribution >= 0.6 is 0 Å². The molecule has 0 unspecified atom stereocenters. The highest BCUT2D eigenvalue weighted by Crippen LogP contribution is 2.29. The van der Waals surface area contributed by atoms with Gasteiger partial charge in [0.1, 0.15) is 0 Å². The minimum atomic E-state index is -4.53. The maximum atomic E-state index is 12.7. The van der Waals surface area contributed by atoms with Crippen molar-refractivity contribution in [2.24, 2.45) is 5.73 Å². The molecule has 6 nitrogen and oxygen atoms in total. The molecule has 1 amide bonds. The lowest BCUT2D eigenvalue weighted by atomic mass is 10.1. The van der Waals surface area contributed by atoms with Crippen LogP contribution in [0.2, 0.25) is 0 Å². The Labute approximate surface area is 113 Å². The lowest BCUT2D eigenvalue weighted by Crippen LogP contribution is -2.47. The molecule has 0 spiro atoms. The van der Waals surface area contributed by atoms with E-state index in [-0.39, 0.29) is 31.4 Å². The molecule has 0 aliphatic carbocycles. The SMILES string of the molecule is CCC[C@H](N)C(=O)N1CCn2c(nnc2C(F)(F)F)C1. The number of nitrogens with zero attached hydrogens (tertiary/aromatic N) is 4. The number of carbonyl (C=O) groups excluding carboxylic acids is 1. The molecule has 2 N–H and O–H groups in total. The summed E-state index contributed by atoms with van der Waals surface area (Å²) < 4.78 is 39.0. The van der Waals surface area contributed by atoms with Crippen LogP contribution in [0.25, 0.3) is 0 Å². The fourth-order valence-corrected chi connectivity index (χ4v) is 2.22. The smallest absolute Gasteiger partial charge is 0.332 e. The number of carbonyl (C=O) groups is 1. The predicted octanol–water partition coefficient (Wildman–Crippen LogP) is 0.766. The van der Waals surface area contributed by atoms with Gasteiger partial charge in [0, 0.05) is 13.1 Å². The van der Waals surface area contributed by atoms with Crippen molar-refractivity contribution in [3.63, 3.8) is 0 Å². The van der Waals surface area contributed by atoms with Gasteiger partial charge in [0.15, 0.2) is 5.82 Å². The summed E-state index contributed by atoms with van der Waals surface area (Å²) in [6.07, 6.45) is -3.21. The van der Waals surface area contributed by atoms with Crippen LogP contribution in [0.5, 0.6) is 0 Å². The third-order valence-electron chi connectivity index (χ3n) is 3.24. The van der Waals surface area contributed by atoms with Gasteiger partial charge in [0.05, 0.1) is 12.6 Å². The van der Waals surface area contributed by atoms with Crippen LogP contribution in [-0.4, -0.2) is 38.2 Å². The number of nitrogens with two attached hydrogens (primary N) is 1. The fourth-order valence-electron chi connectivity index (χ4n) is 2.22. The van der Waals surface area contributed by atoms with Gasteiger partial charge in [-0.15, -0.1) is 10.2 Å². The Morgan fingerprint density at radius 2 is 2.10 bits per heavy atom. The largest absolute Gasteiger partial charge is 0.451 e. The van der Waals surface area contributed by atoms with Gasteiger partial charge in [-0.3, -0.25) is 4.79 Å². The highest BCUT2D eigenvalue weighted by Gasteiger charge is 2.40. The molecule has 112 valence electrons. The quantitative estimate of drug-likeness (QED) is 0.892. The number of rotatable bonds is 3. The molecule has 1 aliphatic rings. The van der Waals surface area contributed by atoms with Crippen molar-refractivity contribution in [1.29, 1.82) is 0 Å². The zero-order valence-electron chi connectivity index (χ0n) is 11.0. The molecule has 0 radical (unpaired) electrons. The van der Waals surface area contributed by atoms with Crippen molar-refractivity contribution in [1.82, 2.24) is 19.7 Å². The Bertz CT molecular complexity index is 499. The van der Waals surface area contributed by atoms with Crippen LogP contribution in [0.4, 0.5) is 13.2 Å². The van der Waals surface area contributed by atoms with Crippen LogP contribution < -0.4 is 5.73 Å². The van der Waals surface area contributed by atoms with Crippen molar-refractivity contribution in [2.75, 3.05) is 6.54 Å². The summed E-state index contributed by atoms with van der Waals surface area (Å²) in [6, 6.07) is -0.614. The zero-order valence-corrected chi connectivity index (χ0v) is 11.0. The van der Waals surface area contributed by atoms with Gasteiger partial charge in [0.2, 0.25) is 11.7 Å². The number of fused-ring (bicyclic) bond motifs is 1. The standard InChI is InChI=1S/C11H16F3N5O/c1-2-3-7(15)9(20)18-4-5-19-8(6-18)16-17-10(19)11(12,13)14/h7H,2-6,15H2,1H3/t7-/m0/s1. The lowest BCUT2D eigenvalue weighted by molar-refractivity contribution is -0.148. The zero-order chi connectivity index (χ0) is 14.9. The minimum Gasteiger partial charge on any atom is -0.332 e. The number of aromatic nitrogens is 3. The van der Waals surface area contributed by atoms with E-state index in [9.17, 15) is 18.0 Å². The van der Waals surface area contributed by atoms with Crippen molar-refractivity contribution in [2.45, 2.75) is 45.1 Å². The first-order valence-electron chi connectivity index (χ1n) is 6.38. The first kappa shape index (κ1) is 14.8. The number of amides is 1. The maximum Gasteiger partial charge on any atom is 0.451 e. The van der Waals surface area contributed by atoms with Gasteiger partial charge in [-0.2, -0.15) is 13.2 Å². The van der Waals surface area contributed by atoms with Crippen molar-refractivity contribution in [3.05, 3.63) is 11.6 Å². The molecule has 9 heteroatoms. The van der Waals surface area contributed by atoms with E-state index in [0.29, 0.717) is 6.42 Å². The number of hydrogen-bond acceptors (Lipinski definition) is 4. The molecule has 0 fully saturated rings. The first-order chi connectivity index (χ1) is 9.34. The first-order valence-corrected chi connectivity index (χ1v) is 6.38. The second-order valence-electron chi connectivity index (χ2n) is 4.74. The van der Waals surface area contributed by atoms with Crippen LogP contribution in [-0.2, 0) is 24.1 Å². The summed E-state index contributed by atoms with van der Waals surface area (Å²) in [6.45, 7) is 2.14. The number of alkyl halides is 3. The summed E-state index contributed by atoms with van der Waals surface area (Å²) >= 11 is 0. The Morgan fingerprint density at radius 1 is 1.40 bits per heavy atom. The Morgan fingerprint density at radius 3 is 2.70 bits per heavy atom. The van der Waals surface area contributed by atoms with Gasteiger partial charge in [-0.1, -0.05) is 13.3 Å². The third-order valence-corrected chi connectivity index (χ3v) is 3.24. The van der Waals surface area contributed by atoms with Crippen LogP contribution in [0, 0.1) is 0 Å². The summed E-state index contributed by atoms with van der Waals surface area (Å²) in [7, 11) is 0. The molecule has 20 heavy (non-hydrogen) atoms. The molecule has 0 saturated heterocycles. The number of halogens is 3. The molecule has 0 bridgehead atoms. The monoisotopic (exact) mass is 291 g/mol.